The van der Waals surface area contributed by atoms with Gasteiger partial charge in [0.15, 0.2) is 0 Å². The molecule has 0 aliphatic heterocycles. The summed E-state index contributed by atoms with van der Waals surface area (Å²) in [6, 6.07) is 4.64. The topological polar surface area (TPSA) is 58.6 Å². The van der Waals surface area contributed by atoms with Crippen molar-refractivity contribution in [3.63, 3.8) is 0 Å². The molecule has 18 heavy (non-hydrogen) atoms. The van der Waals surface area contributed by atoms with Crippen LogP contribution in [0.4, 0.5) is 8.78 Å². The number of carboxylic acid groups (broad SMARTS) is 1. The molecular formula is C12H13F2NO3. The predicted octanol–water partition coefficient (Wildman–Crippen LogP) is 2.19. The zero-order valence-corrected chi connectivity index (χ0v) is 9.48. The summed E-state index contributed by atoms with van der Waals surface area (Å²) in [5.74, 6) is -1.33. The number of ether oxygens (including phenoxy) is 1. The highest BCUT2D eigenvalue weighted by Crippen LogP contribution is 2.26. The standard InChI is InChI=1S/C12H13F2NO3/c1-2-7-15-10(11(16)17)8-5-3-4-6-9(8)18-12(13)14/h2-6,10,12,15H,1,7H2,(H,16,17). The molecule has 2 N–H and O–H groups in total. The van der Waals surface area contributed by atoms with Crippen molar-refractivity contribution in [1.82, 2.24) is 5.32 Å². The van der Waals surface area contributed by atoms with E-state index in [0.717, 1.165) is 0 Å². The van der Waals surface area contributed by atoms with Crippen molar-refractivity contribution in [2.75, 3.05) is 6.54 Å². The zero-order chi connectivity index (χ0) is 13.5. The number of benzene rings is 1. The van der Waals surface area contributed by atoms with E-state index in [1.54, 1.807) is 6.07 Å². The molecule has 0 aliphatic rings. The first-order valence-corrected chi connectivity index (χ1v) is 5.17. The van der Waals surface area contributed by atoms with E-state index >= 15 is 0 Å². The molecule has 1 aromatic carbocycles. The lowest BCUT2D eigenvalue weighted by Gasteiger charge is -2.17. The summed E-state index contributed by atoms with van der Waals surface area (Å²) >= 11 is 0. The van der Waals surface area contributed by atoms with Crippen LogP contribution in [0.2, 0.25) is 0 Å². The van der Waals surface area contributed by atoms with Gasteiger partial charge in [-0.05, 0) is 6.07 Å². The van der Waals surface area contributed by atoms with Crippen LogP contribution in [0.1, 0.15) is 11.6 Å². The number of hydrogen-bond donors (Lipinski definition) is 2. The Morgan fingerprint density at radius 3 is 2.72 bits per heavy atom. The minimum absolute atomic E-state index is 0.146. The van der Waals surface area contributed by atoms with E-state index < -0.39 is 18.6 Å². The number of carboxylic acids is 1. The first kappa shape index (κ1) is 14.1. The highest BCUT2D eigenvalue weighted by atomic mass is 19.3. The van der Waals surface area contributed by atoms with Crippen LogP contribution in [0.15, 0.2) is 36.9 Å². The number of alkyl halides is 2. The number of carbonyl (C=O) groups is 1. The molecule has 1 aromatic rings. The van der Waals surface area contributed by atoms with Crippen molar-refractivity contribution < 1.29 is 23.4 Å². The lowest BCUT2D eigenvalue weighted by molar-refractivity contribution is -0.139. The fraction of sp³-hybridized carbons (Fsp3) is 0.250. The summed E-state index contributed by atoms with van der Waals surface area (Å²) in [7, 11) is 0. The number of nitrogens with one attached hydrogen (secondary N) is 1. The van der Waals surface area contributed by atoms with Crippen molar-refractivity contribution in [3.05, 3.63) is 42.5 Å². The smallest absolute Gasteiger partial charge is 0.387 e. The fourth-order valence-electron chi connectivity index (χ4n) is 1.45. The first-order chi connectivity index (χ1) is 8.56. The van der Waals surface area contributed by atoms with Gasteiger partial charge in [0.1, 0.15) is 11.8 Å². The van der Waals surface area contributed by atoms with Crippen LogP contribution >= 0.6 is 0 Å². The van der Waals surface area contributed by atoms with Gasteiger partial charge < -0.3 is 9.84 Å². The van der Waals surface area contributed by atoms with Crippen LogP contribution in [0, 0.1) is 0 Å². The summed E-state index contributed by atoms with van der Waals surface area (Å²) in [4.78, 5) is 11.1. The average molecular weight is 257 g/mol. The van der Waals surface area contributed by atoms with Gasteiger partial charge in [-0.3, -0.25) is 10.1 Å². The second-order valence-corrected chi connectivity index (χ2v) is 3.38. The second kappa shape index (κ2) is 6.70. The van der Waals surface area contributed by atoms with Gasteiger partial charge in [0.25, 0.3) is 0 Å². The van der Waals surface area contributed by atoms with Gasteiger partial charge in [0, 0.05) is 12.1 Å². The third-order valence-electron chi connectivity index (χ3n) is 2.16. The largest absolute Gasteiger partial charge is 0.480 e. The number of rotatable bonds is 7. The van der Waals surface area contributed by atoms with Gasteiger partial charge in [-0.1, -0.05) is 24.3 Å². The highest BCUT2D eigenvalue weighted by molar-refractivity contribution is 5.76. The average Bonchev–Trinajstić information content (AvgIpc) is 2.30. The molecule has 0 radical (unpaired) electrons. The van der Waals surface area contributed by atoms with Gasteiger partial charge >= 0.3 is 12.6 Å². The van der Waals surface area contributed by atoms with Crippen LogP contribution < -0.4 is 10.1 Å². The number of hydrogen-bond acceptors (Lipinski definition) is 3. The minimum Gasteiger partial charge on any atom is -0.480 e. The summed E-state index contributed by atoms with van der Waals surface area (Å²) in [6.07, 6.45) is 1.48. The maximum Gasteiger partial charge on any atom is 0.387 e. The molecule has 0 saturated heterocycles. The summed E-state index contributed by atoms with van der Waals surface area (Å²) in [6.45, 7) is 0.686. The van der Waals surface area contributed by atoms with E-state index in [2.05, 4.69) is 16.6 Å². The van der Waals surface area contributed by atoms with Gasteiger partial charge in [-0.15, -0.1) is 6.58 Å². The van der Waals surface area contributed by atoms with Crippen molar-refractivity contribution in [1.29, 1.82) is 0 Å². The molecule has 0 amide bonds. The second-order valence-electron chi connectivity index (χ2n) is 3.38. The van der Waals surface area contributed by atoms with Crippen LogP contribution in [0.5, 0.6) is 5.75 Å². The Balaban J connectivity index is 3.02. The third-order valence-corrected chi connectivity index (χ3v) is 2.16. The van der Waals surface area contributed by atoms with Gasteiger partial charge in [-0.2, -0.15) is 8.78 Å². The molecule has 4 nitrogen and oxygen atoms in total. The van der Waals surface area contributed by atoms with E-state index in [1.165, 1.54) is 24.3 Å². The Kier molecular flexibility index (Phi) is 5.26. The lowest BCUT2D eigenvalue weighted by Crippen LogP contribution is -2.29. The Morgan fingerprint density at radius 1 is 1.50 bits per heavy atom. The van der Waals surface area contributed by atoms with Gasteiger partial charge in [-0.25, -0.2) is 0 Å². The van der Waals surface area contributed by atoms with E-state index in [9.17, 15) is 13.6 Å². The normalized spacial score (nSPS) is 12.2. The minimum atomic E-state index is -3.00. The summed E-state index contributed by atoms with van der Waals surface area (Å²) in [5.41, 5.74) is 0.146. The molecule has 0 heterocycles. The summed E-state index contributed by atoms with van der Waals surface area (Å²) < 4.78 is 28.7. The van der Waals surface area contributed by atoms with E-state index in [-0.39, 0.29) is 17.9 Å². The van der Waals surface area contributed by atoms with Crippen LogP contribution in [0.3, 0.4) is 0 Å². The highest BCUT2D eigenvalue weighted by Gasteiger charge is 2.23. The third kappa shape index (κ3) is 3.81. The van der Waals surface area contributed by atoms with Gasteiger partial charge in [0.05, 0.1) is 0 Å². The van der Waals surface area contributed by atoms with E-state index in [4.69, 9.17) is 5.11 Å². The van der Waals surface area contributed by atoms with Crippen molar-refractivity contribution in [2.24, 2.45) is 0 Å². The van der Waals surface area contributed by atoms with E-state index in [0.29, 0.717) is 0 Å². The maximum atomic E-state index is 12.2. The molecule has 0 saturated carbocycles. The molecule has 6 heteroatoms. The molecule has 0 spiro atoms. The number of aliphatic carboxylic acids is 1. The zero-order valence-electron chi connectivity index (χ0n) is 9.48. The molecule has 0 fully saturated rings. The molecule has 98 valence electrons. The first-order valence-electron chi connectivity index (χ1n) is 5.17. The molecule has 1 unspecified atom stereocenters. The van der Waals surface area contributed by atoms with Gasteiger partial charge in [0.2, 0.25) is 0 Å². The number of halogens is 2. The molecule has 0 bridgehead atoms. The fourth-order valence-corrected chi connectivity index (χ4v) is 1.45. The van der Waals surface area contributed by atoms with Crippen molar-refractivity contribution in [2.45, 2.75) is 12.7 Å². The van der Waals surface area contributed by atoms with Crippen molar-refractivity contribution in [3.8, 4) is 5.75 Å². The van der Waals surface area contributed by atoms with Crippen LogP contribution in [0.25, 0.3) is 0 Å². The van der Waals surface area contributed by atoms with Crippen molar-refractivity contribution >= 4 is 5.97 Å². The molecule has 0 aliphatic carbocycles. The lowest BCUT2D eigenvalue weighted by atomic mass is 10.1. The Labute approximate surface area is 103 Å². The quantitative estimate of drug-likeness (QED) is 0.735. The molecular weight excluding hydrogens is 244 g/mol. The molecule has 0 aromatic heterocycles. The van der Waals surface area contributed by atoms with E-state index in [1.807, 2.05) is 0 Å². The Bertz CT molecular complexity index is 424. The maximum absolute atomic E-state index is 12.2. The van der Waals surface area contributed by atoms with Crippen LogP contribution in [-0.2, 0) is 4.79 Å². The monoisotopic (exact) mass is 257 g/mol. The van der Waals surface area contributed by atoms with Crippen LogP contribution in [-0.4, -0.2) is 24.2 Å². The number of para-hydroxylation sites is 1. The molecule has 1 rings (SSSR count). The Morgan fingerprint density at radius 2 is 2.17 bits per heavy atom. The SMILES string of the molecule is C=CCNC(C(=O)O)c1ccccc1OC(F)F. The molecule has 1 atom stereocenters. The summed E-state index contributed by atoms with van der Waals surface area (Å²) in [5, 5.41) is 11.7. The Hall–Kier alpha value is -1.95. The predicted molar refractivity (Wildman–Crippen MR) is 61.7 cm³/mol.